The van der Waals surface area contributed by atoms with Gasteiger partial charge in [-0.25, -0.2) is 9.97 Å². The van der Waals surface area contributed by atoms with Crippen molar-refractivity contribution in [2.24, 2.45) is 0 Å². The summed E-state index contributed by atoms with van der Waals surface area (Å²) in [6.07, 6.45) is 12.4. The van der Waals surface area contributed by atoms with Crippen LogP contribution >= 0.6 is 0 Å². The number of hydrogen-bond acceptors (Lipinski definition) is 12. The molecule has 2 aromatic heterocycles. The quantitative estimate of drug-likeness (QED) is 0.216. The molecule has 2 atom stereocenters. The van der Waals surface area contributed by atoms with Gasteiger partial charge in [-0.15, -0.1) is 0 Å². The molecule has 0 spiro atoms. The van der Waals surface area contributed by atoms with E-state index in [1.165, 1.54) is 16.9 Å². The van der Waals surface area contributed by atoms with Gasteiger partial charge in [0.25, 0.3) is 0 Å². The zero-order valence-corrected chi connectivity index (χ0v) is 34.4. The number of carbonyl (C=O) groups excluding carboxylic acids is 2. The molecule has 14 heteroatoms. The fourth-order valence-electron chi connectivity index (χ4n) is 10.2. The summed E-state index contributed by atoms with van der Waals surface area (Å²) in [5.74, 6) is 2.91. The van der Waals surface area contributed by atoms with Crippen molar-refractivity contribution in [2.45, 2.75) is 82.2 Å². The van der Waals surface area contributed by atoms with Gasteiger partial charge in [0.1, 0.15) is 11.6 Å². The SMILES string of the molecule is CN1CCN(c2ccc(Nc3ncc4c(n3)N(C3CCCC(c5cc(N6CCN(C)CC6)ccc5Nc5ncc6c(n5)N(C5CCCC5)C(=O)C6)C3)C(=O)C4)cc2)CC1. The van der Waals surface area contributed by atoms with Gasteiger partial charge in [-0.2, -0.15) is 9.97 Å². The maximum Gasteiger partial charge on any atom is 0.233 e. The number of fused-ring (bicyclic) bond motifs is 2. The Hall–Kier alpha value is -5.34. The number of piperazine rings is 2. The minimum atomic E-state index is 0.00971. The zero-order chi connectivity index (χ0) is 40.0. The lowest BCUT2D eigenvalue weighted by atomic mass is 9.80. The average molecular weight is 797 g/mol. The summed E-state index contributed by atoms with van der Waals surface area (Å²) in [5.41, 5.74) is 7.34. The van der Waals surface area contributed by atoms with Gasteiger partial charge in [-0.05, 0) is 100 Å². The lowest BCUT2D eigenvalue weighted by Gasteiger charge is -2.37. The predicted octanol–water partition coefficient (Wildman–Crippen LogP) is 5.70. The number of aromatic nitrogens is 4. The lowest BCUT2D eigenvalue weighted by Crippen LogP contribution is -2.44. The van der Waals surface area contributed by atoms with E-state index in [0.717, 1.165) is 138 Å². The summed E-state index contributed by atoms with van der Waals surface area (Å²) in [6, 6.07) is 15.5. The van der Waals surface area contributed by atoms with Crippen LogP contribution in [0.4, 0.5) is 46.3 Å². The van der Waals surface area contributed by atoms with E-state index in [9.17, 15) is 9.59 Å². The number of anilines is 8. The highest BCUT2D eigenvalue weighted by Gasteiger charge is 2.39. The first-order chi connectivity index (χ1) is 28.8. The Balaban J connectivity index is 0.901. The molecule has 6 aliphatic rings. The second-order valence-corrected chi connectivity index (χ2v) is 17.6. The van der Waals surface area contributed by atoms with Gasteiger partial charge in [-0.3, -0.25) is 19.4 Å². The van der Waals surface area contributed by atoms with Crippen LogP contribution in [0.3, 0.4) is 0 Å². The molecule has 0 bridgehead atoms. The number of likely N-dealkylation sites (N-methyl/N-ethyl adjacent to an activating group) is 2. The highest BCUT2D eigenvalue weighted by Crippen LogP contribution is 2.44. The van der Waals surface area contributed by atoms with Crippen LogP contribution in [-0.2, 0) is 22.4 Å². The number of nitrogens with one attached hydrogen (secondary N) is 2. The smallest absolute Gasteiger partial charge is 0.233 e. The van der Waals surface area contributed by atoms with Gasteiger partial charge in [-0.1, -0.05) is 19.3 Å². The fraction of sp³-hybridized carbons (Fsp3) is 0.511. The largest absolute Gasteiger partial charge is 0.369 e. The molecule has 14 nitrogen and oxygen atoms in total. The minimum absolute atomic E-state index is 0.00971. The normalized spacial score (nSPS) is 22.9. The van der Waals surface area contributed by atoms with E-state index in [2.05, 4.69) is 91.8 Å². The van der Waals surface area contributed by atoms with Crippen LogP contribution in [0.2, 0.25) is 0 Å². The van der Waals surface area contributed by atoms with E-state index in [4.69, 9.17) is 15.0 Å². The third kappa shape index (κ3) is 7.68. The maximum atomic E-state index is 13.8. The van der Waals surface area contributed by atoms with Gasteiger partial charge in [0.2, 0.25) is 23.7 Å². The first-order valence-electron chi connectivity index (χ1n) is 21.8. The molecule has 2 N–H and O–H groups in total. The monoisotopic (exact) mass is 796 g/mol. The third-order valence-corrected chi connectivity index (χ3v) is 13.6. The molecule has 4 aromatic rings. The summed E-state index contributed by atoms with van der Waals surface area (Å²) in [7, 11) is 4.36. The molecule has 2 aromatic carbocycles. The van der Waals surface area contributed by atoms with E-state index >= 15 is 0 Å². The first-order valence-corrected chi connectivity index (χ1v) is 21.8. The number of carbonyl (C=O) groups is 2. The topological polar surface area (TPSA) is 129 Å². The summed E-state index contributed by atoms with van der Waals surface area (Å²) < 4.78 is 0. The van der Waals surface area contributed by atoms with Gasteiger partial charge in [0, 0.05) is 111 Å². The summed E-state index contributed by atoms with van der Waals surface area (Å²) in [6.45, 7) is 8.17. The molecule has 4 fully saturated rings. The third-order valence-electron chi connectivity index (χ3n) is 13.6. The average Bonchev–Trinajstić information content (AvgIpc) is 3.98. The molecule has 6 heterocycles. The van der Waals surface area contributed by atoms with Crippen molar-refractivity contribution in [1.82, 2.24) is 29.7 Å². The Labute approximate surface area is 347 Å². The van der Waals surface area contributed by atoms with Gasteiger partial charge >= 0.3 is 0 Å². The second kappa shape index (κ2) is 16.0. The molecular weight excluding hydrogens is 741 g/mol. The zero-order valence-electron chi connectivity index (χ0n) is 34.4. The molecule has 2 saturated carbocycles. The molecule has 2 saturated heterocycles. The van der Waals surface area contributed by atoms with Crippen LogP contribution in [0.1, 0.15) is 74.0 Å². The number of benzene rings is 2. The van der Waals surface area contributed by atoms with Crippen molar-refractivity contribution in [2.75, 3.05) is 96.7 Å². The lowest BCUT2D eigenvalue weighted by molar-refractivity contribution is -0.118. The Bertz CT molecular complexity index is 2190. The van der Waals surface area contributed by atoms with Gasteiger partial charge < -0.3 is 30.2 Å². The molecule has 59 heavy (non-hydrogen) atoms. The number of hydrogen-bond donors (Lipinski definition) is 2. The van der Waals surface area contributed by atoms with Gasteiger partial charge in [0.05, 0.1) is 12.8 Å². The maximum absolute atomic E-state index is 13.8. The van der Waals surface area contributed by atoms with E-state index < -0.39 is 0 Å². The summed E-state index contributed by atoms with van der Waals surface area (Å²) in [5, 5.41) is 7.04. The summed E-state index contributed by atoms with van der Waals surface area (Å²) in [4.78, 5) is 59.9. The number of nitrogens with zero attached hydrogens (tertiary/aromatic N) is 10. The Morgan fingerprint density at radius 3 is 1.76 bits per heavy atom. The fourth-order valence-corrected chi connectivity index (χ4v) is 10.2. The van der Waals surface area contributed by atoms with Crippen LogP contribution in [0, 0.1) is 0 Å². The van der Waals surface area contributed by atoms with E-state index in [-0.39, 0.29) is 29.8 Å². The first kappa shape index (κ1) is 37.9. The second-order valence-electron chi connectivity index (χ2n) is 17.6. The van der Waals surface area contributed by atoms with Crippen molar-refractivity contribution in [3.05, 3.63) is 71.5 Å². The molecule has 2 unspecified atom stereocenters. The highest BCUT2D eigenvalue weighted by atomic mass is 16.2. The van der Waals surface area contributed by atoms with Crippen LogP contribution < -0.4 is 30.2 Å². The van der Waals surface area contributed by atoms with E-state index in [1.54, 1.807) is 0 Å². The van der Waals surface area contributed by atoms with Crippen molar-refractivity contribution < 1.29 is 9.59 Å². The number of amides is 2. The summed E-state index contributed by atoms with van der Waals surface area (Å²) >= 11 is 0. The molecule has 0 radical (unpaired) electrons. The van der Waals surface area contributed by atoms with Crippen molar-refractivity contribution >= 4 is 58.1 Å². The van der Waals surface area contributed by atoms with Gasteiger partial charge in [0.15, 0.2) is 0 Å². The number of rotatable bonds is 9. The Morgan fingerprint density at radius 2 is 1.14 bits per heavy atom. The molecule has 10 rings (SSSR count). The van der Waals surface area contributed by atoms with E-state index in [1.807, 2.05) is 22.2 Å². The Kier molecular flexibility index (Phi) is 10.3. The minimum Gasteiger partial charge on any atom is -0.369 e. The van der Waals surface area contributed by atoms with E-state index in [0.29, 0.717) is 24.7 Å². The molecule has 2 amide bonds. The van der Waals surface area contributed by atoms with Crippen LogP contribution in [0.5, 0.6) is 0 Å². The molecule has 4 aliphatic heterocycles. The Morgan fingerprint density at radius 1 is 0.593 bits per heavy atom. The standard InChI is InChI=1S/C45H56N12O2/c1-52-16-20-54(21-17-52)34-12-10-33(11-13-34)48-44-46-28-32-26-41(59)57(43(32)50-44)37-9-5-6-30(24-37)38-27-36(55-22-18-53(2)19-23-55)14-15-39(38)49-45-47-29-31-25-40(58)56(42(31)51-45)35-7-3-4-8-35/h10-15,27-30,35,37H,3-9,16-26H2,1-2H3,(H,46,48,50)(H,47,49,51). The van der Waals surface area contributed by atoms with Crippen molar-refractivity contribution in [3.8, 4) is 0 Å². The van der Waals surface area contributed by atoms with Crippen molar-refractivity contribution in [3.63, 3.8) is 0 Å². The van der Waals surface area contributed by atoms with Crippen molar-refractivity contribution in [1.29, 1.82) is 0 Å². The van der Waals surface area contributed by atoms with Crippen LogP contribution in [0.15, 0.2) is 54.9 Å². The molecule has 2 aliphatic carbocycles. The molecular formula is C45H56N12O2. The van der Waals surface area contributed by atoms with Crippen LogP contribution in [0.25, 0.3) is 0 Å². The predicted molar refractivity (Wildman–Crippen MR) is 233 cm³/mol. The van der Waals surface area contributed by atoms with Crippen LogP contribution in [-0.4, -0.2) is 120 Å². The molecule has 308 valence electrons. The highest BCUT2D eigenvalue weighted by molar-refractivity contribution is 6.01.